The molecule has 6 heteroatoms. The summed E-state index contributed by atoms with van der Waals surface area (Å²) in [6, 6.07) is 10.7. The van der Waals surface area contributed by atoms with Crippen LogP contribution in [-0.4, -0.2) is 4.98 Å². The average Bonchev–Trinajstić information content (AvgIpc) is 3.23. The van der Waals surface area contributed by atoms with Crippen LogP contribution in [0.3, 0.4) is 0 Å². The van der Waals surface area contributed by atoms with Gasteiger partial charge in [0.05, 0.1) is 12.0 Å². The van der Waals surface area contributed by atoms with Gasteiger partial charge in [0.15, 0.2) is 10.8 Å². The van der Waals surface area contributed by atoms with Crippen LogP contribution in [0, 0.1) is 6.92 Å². The van der Waals surface area contributed by atoms with Gasteiger partial charge in [0, 0.05) is 22.9 Å². The molecule has 0 atom stereocenters. The van der Waals surface area contributed by atoms with Crippen molar-refractivity contribution in [2.75, 3.05) is 0 Å². The number of benzene rings is 1. The second kappa shape index (κ2) is 5.98. The van der Waals surface area contributed by atoms with Gasteiger partial charge in [0.1, 0.15) is 17.9 Å². The highest BCUT2D eigenvalue weighted by molar-refractivity contribution is 7.13. The third kappa shape index (κ3) is 2.83. The monoisotopic (exact) mass is 339 g/mol. The van der Waals surface area contributed by atoms with Crippen molar-refractivity contribution in [1.29, 1.82) is 0 Å². The predicted molar refractivity (Wildman–Crippen MR) is 91.4 cm³/mol. The summed E-state index contributed by atoms with van der Waals surface area (Å²) in [5, 5.41) is 3.65. The smallest absolute Gasteiger partial charge is 0.336 e. The Morgan fingerprint density at radius 2 is 2.17 bits per heavy atom. The minimum Gasteiger partial charge on any atom is -0.487 e. The van der Waals surface area contributed by atoms with Crippen molar-refractivity contribution < 1.29 is 13.6 Å². The quantitative estimate of drug-likeness (QED) is 0.516. The van der Waals surface area contributed by atoms with Gasteiger partial charge in [-0.25, -0.2) is 9.78 Å². The fourth-order valence-electron chi connectivity index (χ4n) is 2.44. The normalized spacial score (nSPS) is 11.0. The van der Waals surface area contributed by atoms with Gasteiger partial charge < -0.3 is 13.6 Å². The molecule has 120 valence electrons. The summed E-state index contributed by atoms with van der Waals surface area (Å²) >= 11 is 1.50. The van der Waals surface area contributed by atoms with Gasteiger partial charge in [0.2, 0.25) is 0 Å². The molecule has 0 aliphatic heterocycles. The maximum Gasteiger partial charge on any atom is 0.336 e. The van der Waals surface area contributed by atoms with Crippen LogP contribution in [0.1, 0.15) is 11.3 Å². The molecule has 0 saturated carbocycles. The van der Waals surface area contributed by atoms with E-state index in [9.17, 15) is 4.79 Å². The van der Waals surface area contributed by atoms with E-state index in [1.165, 1.54) is 17.4 Å². The summed E-state index contributed by atoms with van der Waals surface area (Å²) < 4.78 is 16.3. The van der Waals surface area contributed by atoms with Crippen LogP contribution in [0.5, 0.6) is 5.75 Å². The average molecular weight is 339 g/mol. The second-order valence-electron chi connectivity index (χ2n) is 5.32. The van der Waals surface area contributed by atoms with Crippen LogP contribution in [0.15, 0.2) is 61.7 Å². The molecule has 4 rings (SSSR count). The number of nitrogens with zero attached hydrogens (tertiary/aromatic N) is 1. The molecular formula is C18H13NO4S. The molecule has 0 aliphatic rings. The zero-order valence-electron chi connectivity index (χ0n) is 12.8. The van der Waals surface area contributed by atoms with Gasteiger partial charge in [-0.05, 0) is 36.8 Å². The zero-order valence-corrected chi connectivity index (χ0v) is 13.6. The maximum absolute atomic E-state index is 11.5. The first-order valence-electron chi connectivity index (χ1n) is 7.34. The van der Waals surface area contributed by atoms with E-state index in [0.29, 0.717) is 17.9 Å². The summed E-state index contributed by atoms with van der Waals surface area (Å²) in [7, 11) is 0. The molecule has 0 N–H and O–H groups in total. The molecule has 0 saturated heterocycles. The van der Waals surface area contributed by atoms with Crippen LogP contribution < -0.4 is 10.4 Å². The van der Waals surface area contributed by atoms with Crippen LogP contribution >= 0.6 is 11.3 Å². The highest BCUT2D eigenvalue weighted by atomic mass is 32.1. The third-order valence-electron chi connectivity index (χ3n) is 3.59. The largest absolute Gasteiger partial charge is 0.487 e. The Morgan fingerprint density at radius 3 is 3.00 bits per heavy atom. The molecular weight excluding hydrogens is 326 g/mol. The van der Waals surface area contributed by atoms with E-state index in [1.807, 2.05) is 36.6 Å². The van der Waals surface area contributed by atoms with Crippen molar-refractivity contribution >= 4 is 22.3 Å². The first kappa shape index (κ1) is 14.7. The van der Waals surface area contributed by atoms with Gasteiger partial charge in [-0.2, -0.15) is 0 Å². The fraction of sp³-hybridized carbons (Fsp3) is 0.111. The van der Waals surface area contributed by atoms with Crippen LogP contribution in [0.25, 0.3) is 21.7 Å². The van der Waals surface area contributed by atoms with E-state index in [2.05, 4.69) is 4.98 Å². The summed E-state index contributed by atoms with van der Waals surface area (Å²) in [6.07, 6.45) is 1.62. The summed E-state index contributed by atoms with van der Waals surface area (Å²) in [4.78, 5) is 16.0. The van der Waals surface area contributed by atoms with Gasteiger partial charge in [0.25, 0.3) is 0 Å². The number of aromatic nitrogens is 1. The number of rotatable bonds is 4. The maximum atomic E-state index is 11.5. The molecule has 3 aromatic heterocycles. The SMILES string of the molecule is Cc1cc(=O)oc2cc(OCc3csc(-c4ccco4)n3)ccc12. The molecule has 5 nitrogen and oxygen atoms in total. The number of hydrogen-bond donors (Lipinski definition) is 0. The van der Waals surface area contributed by atoms with Crippen molar-refractivity contribution in [2.45, 2.75) is 13.5 Å². The van der Waals surface area contributed by atoms with Gasteiger partial charge in [-0.15, -0.1) is 11.3 Å². The highest BCUT2D eigenvalue weighted by Crippen LogP contribution is 2.26. The summed E-state index contributed by atoms with van der Waals surface area (Å²) in [6.45, 7) is 2.21. The predicted octanol–water partition coefficient (Wildman–Crippen LogP) is 4.40. The summed E-state index contributed by atoms with van der Waals surface area (Å²) in [5.74, 6) is 1.37. The molecule has 3 heterocycles. The standard InChI is InChI=1S/C18H13NO4S/c1-11-7-17(20)23-16-8-13(4-5-14(11)16)22-9-12-10-24-18(19-12)15-3-2-6-21-15/h2-8,10H,9H2,1H3. The number of thiazole rings is 1. The Morgan fingerprint density at radius 1 is 1.25 bits per heavy atom. The molecule has 24 heavy (non-hydrogen) atoms. The van der Waals surface area contributed by atoms with Crippen molar-refractivity contribution in [3.63, 3.8) is 0 Å². The molecule has 0 spiro atoms. The van der Waals surface area contributed by atoms with Crippen molar-refractivity contribution in [1.82, 2.24) is 4.98 Å². The first-order valence-corrected chi connectivity index (χ1v) is 8.22. The molecule has 0 amide bonds. The Kier molecular flexibility index (Phi) is 3.66. The van der Waals surface area contributed by atoms with Gasteiger partial charge >= 0.3 is 5.63 Å². The Bertz CT molecular complexity index is 1050. The zero-order chi connectivity index (χ0) is 16.5. The minimum atomic E-state index is -0.361. The minimum absolute atomic E-state index is 0.332. The van der Waals surface area contributed by atoms with E-state index in [1.54, 1.807) is 12.3 Å². The number of furan rings is 1. The number of hydrogen-bond acceptors (Lipinski definition) is 6. The Balaban J connectivity index is 1.54. The molecule has 0 bridgehead atoms. The van der Waals surface area contributed by atoms with Crippen LogP contribution in [0.4, 0.5) is 0 Å². The molecule has 0 fully saturated rings. The van der Waals surface area contributed by atoms with E-state index in [4.69, 9.17) is 13.6 Å². The van der Waals surface area contributed by atoms with Crippen molar-refractivity contribution in [3.05, 3.63) is 69.7 Å². The lowest BCUT2D eigenvalue weighted by atomic mass is 10.1. The van der Waals surface area contributed by atoms with Crippen molar-refractivity contribution in [2.24, 2.45) is 0 Å². The number of ether oxygens (including phenoxy) is 1. The molecule has 0 aliphatic carbocycles. The first-order chi connectivity index (χ1) is 11.7. The van der Waals surface area contributed by atoms with Gasteiger partial charge in [-0.1, -0.05) is 0 Å². The van der Waals surface area contributed by atoms with E-state index >= 15 is 0 Å². The van der Waals surface area contributed by atoms with E-state index in [0.717, 1.165) is 27.4 Å². The van der Waals surface area contributed by atoms with E-state index in [-0.39, 0.29) is 5.63 Å². The van der Waals surface area contributed by atoms with E-state index < -0.39 is 0 Å². The fourth-order valence-corrected chi connectivity index (χ4v) is 3.21. The highest BCUT2D eigenvalue weighted by Gasteiger charge is 2.08. The lowest BCUT2D eigenvalue weighted by molar-refractivity contribution is 0.302. The molecule has 4 aromatic rings. The topological polar surface area (TPSA) is 65.5 Å². The number of fused-ring (bicyclic) bond motifs is 1. The Labute approximate surface area is 141 Å². The van der Waals surface area contributed by atoms with Crippen LogP contribution in [-0.2, 0) is 6.61 Å². The lowest BCUT2D eigenvalue weighted by Gasteiger charge is -2.06. The summed E-state index contributed by atoms with van der Waals surface area (Å²) in [5.41, 5.74) is 1.86. The van der Waals surface area contributed by atoms with Crippen LogP contribution in [0.2, 0.25) is 0 Å². The Hall–Kier alpha value is -2.86. The van der Waals surface area contributed by atoms with Gasteiger partial charge in [-0.3, -0.25) is 0 Å². The number of aryl methyl sites for hydroxylation is 1. The second-order valence-corrected chi connectivity index (χ2v) is 6.17. The molecule has 0 radical (unpaired) electrons. The van der Waals surface area contributed by atoms with Crippen molar-refractivity contribution in [3.8, 4) is 16.5 Å². The molecule has 1 aromatic carbocycles. The molecule has 0 unspecified atom stereocenters. The lowest BCUT2D eigenvalue weighted by Crippen LogP contribution is -1.99. The third-order valence-corrected chi connectivity index (χ3v) is 4.50.